The molecule has 3 N–H and O–H groups in total. The molecule has 1 atom stereocenters. The molecule has 7 heteroatoms. The molecule has 2 aromatic carbocycles. The van der Waals surface area contributed by atoms with Gasteiger partial charge in [-0.3, -0.25) is 4.79 Å². The first-order valence-corrected chi connectivity index (χ1v) is 11.9. The van der Waals surface area contributed by atoms with Gasteiger partial charge in [-0.2, -0.15) is 0 Å². The van der Waals surface area contributed by atoms with Crippen molar-refractivity contribution >= 4 is 18.0 Å². The maximum atomic E-state index is 13.1. The number of nitrogens with one attached hydrogen (secondary N) is 2. The Kier molecular flexibility index (Phi) is 7.97. The zero-order valence-corrected chi connectivity index (χ0v) is 20.3. The number of ether oxygens (including phenoxy) is 1. The van der Waals surface area contributed by atoms with Crippen LogP contribution in [0.2, 0.25) is 0 Å². The highest BCUT2D eigenvalue weighted by Gasteiger charge is 2.39. The van der Waals surface area contributed by atoms with E-state index in [9.17, 15) is 19.5 Å². The van der Waals surface area contributed by atoms with Gasteiger partial charge in [0.25, 0.3) is 0 Å². The summed E-state index contributed by atoms with van der Waals surface area (Å²) in [5.41, 5.74) is 3.21. The first-order chi connectivity index (χ1) is 16.2. The Morgan fingerprint density at radius 1 is 0.971 bits per heavy atom. The minimum atomic E-state index is -1.26. The number of fused-ring (bicyclic) bond motifs is 3. The topological polar surface area (TPSA) is 105 Å². The number of rotatable bonds is 10. The Morgan fingerprint density at radius 2 is 1.50 bits per heavy atom. The van der Waals surface area contributed by atoms with Crippen LogP contribution in [0, 0.1) is 5.92 Å². The number of hydrogen-bond acceptors (Lipinski definition) is 4. The van der Waals surface area contributed by atoms with E-state index in [1.807, 2.05) is 50.2 Å². The molecule has 2 aromatic rings. The molecule has 0 saturated carbocycles. The van der Waals surface area contributed by atoms with Crippen LogP contribution in [0.1, 0.15) is 64.0 Å². The molecule has 0 saturated heterocycles. The second-order valence-corrected chi connectivity index (χ2v) is 9.23. The number of benzene rings is 2. The van der Waals surface area contributed by atoms with Gasteiger partial charge in [0, 0.05) is 5.92 Å². The minimum absolute atomic E-state index is 0.0907. The molecule has 7 nitrogen and oxygen atoms in total. The third kappa shape index (κ3) is 5.24. The monoisotopic (exact) mass is 466 g/mol. The van der Waals surface area contributed by atoms with Crippen molar-refractivity contribution in [3.05, 3.63) is 59.7 Å². The first kappa shape index (κ1) is 25.3. The molecule has 34 heavy (non-hydrogen) atoms. The fraction of sp³-hybridized carbons (Fsp3) is 0.444. The molecule has 0 radical (unpaired) electrons. The van der Waals surface area contributed by atoms with Crippen molar-refractivity contribution in [2.24, 2.45) is 5.92 Å². The molecule has 0 heterocycles. The minimum Gasteiger partial charge on any atom is -0.480 e. The number of amides is 2. The van der Waals surface area contributed by atoms with Crippen LogP contribution >= 0.6 is 0 Å². The maximum absolute atomic E-state index is 13.1. The van der Waals surface area contributed by atoms with Crippen LogP contribution in [-0.4, -0.2) is 41.3 Å². The molecule has 3 rings (SSSR count). The van der Waals surface area contributed by atoms with Gasteiger partial charge in [-0.15, -0.1) is 0 Å². The molecule has 0 spiro atoms. The lowest BCUT2D eigenvalue weighted by molar-refractivity contribution is -0.143. The van der Waals surface area contributed by atoms with E-state index in [4.69, 9.17) is 4.74 Å². The van der Waals surface area contributed by atoms with Crippen LogP contribution in [-0.2, 0) is 14.3 Å². The Labute approximate surface area is 200 Å². The van der Waals surface area contributed by atoms with E-state index in [0.717, 1.165) is 22.3 Å². The predicted molar refractivity (Wildman–Crippen MR) is 131 cm³/mol. The van der Waals surface area contributed by atoms with Gasteiger partial charge in [0.05, 0.1) is 0 Å². The summed E-state index contributed by atoms with van der Waals surface area (Å²) in [6.45, 7) is 7.49. The van der Waals surface area contributed by atoms with Crippen LogP contribution in [0.5, 0.6) is 0 Å². The van der Waals surface area contributed by atoms with Gasteiger partial charge in [-0.05, 0) is 47.4 Å². The summed E-state index contributed by atoms with van der Waals surface area (Å²) in [6, 6.07) is 15.1. The summed E-state index contributed by atoms with van der Waals surface area (Å²) in [4.78, 5) is 37.6. The van der Waals surface area contributed by atoms with Crippen molar-refractivity contribution in [2.45, 2.75) is 64.5 Å². The van der Waals surface area contributed by atoms with Crippen molar-refractivity contribution in [2.75, 3.05) is 6.61 Å². The van der Waals surface area contributed by atoms with Gasteiger partial charge in [-0.1, -0.05) is 76.2 Å². The standard InChI is InChI=1S/C27H34N2O5/c1-5-27(6-2,25(32)28-23(24(30)31)15-17(3)4)29-26(33)34-16-22-20-13-9-7-11-18(20)19-12-8-10-14-21(19)22/h7-14,17,22-23H,5-6,15-16H2,1-4H3,(H,28,32)(H,29,33)(H,30,31). The summed E-state index contributed by atoms with van der Waals surface area (Å²) in [7, 11) is 0. The van der Waals surface area contributed by atoms with Gasteiger partial charge >= 0.3 is 12.1 Å². The molecule has 0 aliphatic heterocycles. The first-order valence-electron chi connectivity index (χ1n) is 11.9. The van der Waals surface area contributed by atoms with Crippen molar-refractivity contribution in [1.82, 2.24) is 10.6 Å². The van der Waals surface area contributed by atoms with Crippen molar-refractivity contribution in [3.63, 3.8) is 0 Å². The van der Waals surface area contributed by atoms with Crippen LogP contribution in [0.15, 0.2) is 48.5 Å². The van der Waals surface area contributed by atoms with Crippen molar-refractivity contribution in [3.8, 4) is 11.1 Å². The zero-order chi connectivity index (χ0) is 24.9. The second kappa shape index (κ2) is 10.7. The number of aliphatic carboxylic acids is 1. The molecule has 0 bridgehead atoms. The number of carboxylic acids is 1. The number of carboxylic acid groups (broad SMARTS) is 1. The third-order valence-electron chi connectivity index (χ3n) is 6.64. The van der Waals surface area contributed by atoms with Crippen LogP contribution in [0.3, 0.4) is 0 Å². The summed E-state index contributed by atoms with van der Waals surface area (Å²) in [6.07, 6.45) is 0.202. The second-order valence-electron chi connectivity index (χ2n) is 9.23. The molecule has 2 amide bonds. The number of alkyl carbamates (subject to hydrolysis) is 1. The van der Waals surface area contributed by atoms with E-state index in [0.29, 0.717) is 19.3 Å². The fourth-order valence-corrected chi connectivity index (χ4v) is 4.62. The summed E-state index contributed by atoms with van der Waals surface area (Å²) >= 11 is 0. The van der Waals surface area contributed by atoms with E-state index < -0.39 is 29.6 Å². The highest BCUT2D eigenvalue weighted by Crippen LogP contribution is 2.44. The zero-order valence-electron chi connectivity index (χ0n) is 20.3. The molecule has 0 aromatic heterocycles. The highest BCUT2D eigenvalue weighted by atomic mass is 16.5. The van der Waals surface area contributed by atoms with Crippen LogP contribution in [0.4, 0.5) is 4.79 Å². The molecular weight excluding hydrogens is 432 g/mol. The van der Waals surface area contributed by atoms with Crippen molar-refractivity contribution < 1.29 is 24.2 Å². The van der Waals surface area contributed by atoms with E-state index in [2.05, 4.69) is 22.8 Å². The van der Waals surface area contributed by atoms with Crippen LogP contribution < -0.4 is 10.6 Å². The average molecular weight is 467 g/mol. The third-order valence-corrected chi connectivity index (χ3v) is 6.64. The predicted octanol–water partition coefficient (Wildman–Crippen LogP) is 4.70. The van der Waals surface area contributed by atoms with Gasteiger partial charge in [0.1, 0.15) is 18.2 Å². The summed E-state index contributed by atoms with van der Waals surface area (Å²) < 4.78 is 5.62. The Bertz CT molecular complexity index is 999. The highest BCUT2D eigenvalue weighted by molar-refractivity contribution is 5.92. The number of carbonyl (C=O) groups is 3. The number of carbonyl (C=O) groups excluding carboxylic acids is 2. The van der Waals surface area contributed by atoms with Gasteiger partial charge in [0.2, 0.25) is 5.91 Å². The molecule has 182 valence electrons. The Balaban J connectivity index is 1.71. The number of hydrogen-bond donors (Lipinski definition) is 3. The SMILES string of the molecule is CCC(CC)(NC(=O)OCC1c2ccccc2-c2ccccc21)C(=O)NC(CC(C)C)C(=O)O. The maximum Gasteiger partial charge on any atom is 0.408 e. The summed E-state index contributed by atoms with van der Waals surface area (Å²) in [5, 5.41) is 14.8. The fourth-order valence-electron chi connectivity index (χ4n) is 4.62. The Morgan fingerprint density at radius 3 is 1.97 bits per heavy atom. The smallest absolute Gasteiger partial charge is 0.408 e. The lowest BCUT2D eigenvalue weighted by Gasteiger charge is -2.32. The summed E-state index contributed by atoms with van der Waals surface area (Å²) in [5.74, 6) is -1.61. The lowest BCUT2D eigenvalue weighted by Crippen LogP contribution is -2.60. The molecular formula is C27H34N2O5. The van der Waals surface area contributed by atoms with Gasteiger partial charge in [-0.25, -0.2) is 9.59 Å². The van der Waals surface area contributed by atoms with E-state index in [1.54, 1.807) is 13.8 Å². The Hall–Kier alpha value is -3.35. The average Bonchev–Trinajstić information content (AvgIpc) is 3.14. The molecule has 1 unspecified atom stereocenters. The van der Waals surface area contributed by atoms with Gasteiger partial charge in [0.15, 0.2) is 0 Å². The molecule has 1 aliphatic rings. The van der Waals surface area contributed by atoms with Gasteiger partial charge < -0.3 is 20.5 Å². The lowest BCUT2D eigenvalue weighted by atomic mass is 9.91. The van der Waals surface area contributed by atoms with E-state index in [1.165, 1.54) is 0 Å². The molecule has 0 fully saturated rings. The van der Waals surface area contributed by atoms with E-state index >= 15 is 0 Å². The van der Waals surface area contributed by atoms with E-state index in [-0.39, 0.29) is 18.4 Å². The normalized spacial score (nSPS) is 13.7. The molecule has 1 aliphatic carbocycles. The van der Waals surface area contributed by atoms with Crippen LogP contribution in [0.25, 0.3) is 11.1 Å². The van der Waals surface area contributed by atoms with Crippen molar-refractivity contribution in [1.29, 1.82) is 0 Å². The largest absolute Gasteiger partial charge is 0.480 e. The quantitative estimate of drug-likeness (QED) is 0.471.